The van der Waals surface area contributed by atoms with Gasteiger partial charge in [-0.1, -0.05) is 11.6 Å². The molecule has 0 spiro atoms. The summed E-state index contributed by atoms with van der Waals surface area (Å²) >= 11 is 5.73. The Balaban J connectivity index is 2.17. The smallest absolute Gasteiger partial charge is 0.0785 e. The summed E-state index contributed by atoms with van der Waals surface area (Å²) in [5.74, 6) is 0. The van der Waals surface area contributed by atoms with Gasteiger partial charge in [0.1, 0.15) is 0 Å². The van der Waals surface area contributed by atoms with Crippen molar-refractivity contribution in [1.29, 1.82) is 0 Å². The lowest BCUT2D eigenvalue weighted by molar-refractivity contribution is 0.197. The molecule has 86 valence electrons. The van der Waals surface area contributed by atoms with Gasteiger partial charge in [-0.15, -0.1) is 0 Å². The fraction of sp³-hybridized carbons (Fsp3) is 0.700. The fourth-order valence-corrected chi connectivity index (χ4v) is 1.50. The molecule has 1 unspecified atom stereocenters. The predicted octanol–water partition coefficient (Wildman–Crippen LogP) is 1.42. The second-order valence-electron chi connectivity index (χ2n) is 4.19. The minimum absolute atomic E-state index is 0.0284. The average molecular weight is 232 g/mol. The molecule has 0 aliphatic rings. The van der Waals surface area contributed by atoms with E-state index in [-0.39, 0.29) is 6.61 Å². The first-order valence-corrected chi connectivity index (χ1v) is 5.49. The highest BCUT2D eigenvalue weighted by Gasteiger charge is 2.15. The van der Waals surface area contributed by atoms with Crippen LogP contribution in [-0.4, -0.2) is 27.0 Å². The SMILES string of the molecule is CC(N)(CO)CCCCn1cc(Cl)cn1. The predicted molar refractivity (Wildman–Crippen MR) is 60.8 cm³/mol. The Bertz CT molecular complexity index is 299. The maximum Gasteiger partial charge on any atom is 0.0785 e. The number of hydrogen-bond acceptors (Lipinski definition) is 3. The molecule has 0 aromatic carbocycles. The van der Waals surface area contributed by atoms with Crippen molar-refractivity contribution in [1.82, 2.24) is 9.78 Å². The van der Waals surface area contributed by atoms with Crippen molar-refractivity contribution in [3.05, 3.63) is 17.4 Å². The Morgan fingerprint density at radius 2 is 2.33 bits per heavy atom. The van der Waals surface area contributed by atoms with Crippen molar-refractivity contribution in [2.24, 2.45) is 5.73 Å². The van der Waals surface area contributed by atoms with E-state index in [1.54, 1.807) is 12.4 Å². The lowest BCUT2D eigenvalue weighted by Gasteiger charge is -2.21. The standard InChI is InChI=1S/C10H18ClN3O/c1-10(12,8-15)4-2-3-5-14-7-9(11)6-13-14/h6-7,15H,2-5,8,12H2,1H3. The number of hydrogen-bond donors (Lipinski definition) is 2. The van der Waals surface area contributed by atoms with Crippen LogP contribution in [0.3, 0.4) is 0 Å². The van der Waals surface area contributed by atoms with E-state index in [0.29, 0.717) is 5.02 Å². The Morgan fingerprint density at radius 1 is 1.60 bits per heavy atom. The van der Waals surface area contributed by atoms with Gasteiger partial charge < -0.3 is 10.8 Å². The van der Waals surface area contributed by atoms with E-state index in [9.17, 15) is 0 Å². The van der Waals surface area contributed by atoms with Gasteiger partial charge in [0.25, 0.3) is 0 Å². The Hall–Kier alpha value is -0.580. The first-order chi connectivity index (χ1) is 7.03. The average Bonchev–Trinajstić information content (AvgIpc) is 2.59. The van der Waals surface area contributed by atoms with E-state index in [2.05, 4.69) is 5.10 Å². The van der Waals surface area contributed by atoms with Crippen LogP contribution in [0, 0.1) is 0 Å². The van der Waals surface area contributed by atoms with Gasteiger partial charge in [0, 0.05) is 18.3 Å². The van der Waals surface area contributed by atoms with E-state index >= 15 is 0 Å². The highest BCUT2D eigenvalue weighted by atomic mass is 35.5. The quantitative estimate of drug-likeness (QED) is 0.728. The van der Waals surface area contributed by atoms with E-state index in [1.165, 1.54) is 0 Å². The van der Waals surface area contributed by atoms with Crippen molar-refractivity contribution in [3.8, 4) is 0 Å². The first kappa shape index (κ1) is 12.5. The Morgan fingerprint density at radius 3 is 2.87 bits per heavy atom. The number of rotatable bonds is 6. The van der Waals surface area contributed by atoms with Crippen LogP contribution in [0.15, 0.2) is 12.4 Å². The molecule has 1 aromatic rings. The third kappa shape index (κ3) is 4.64. The van der Waals surface area contributed by atoms with Crippen LogP contribution in [0.4, 0.5) is 0 Å². The molecule has 3 N–H and O–H groups in total. The number of nitrogens with zero attached hydrogens (tertiary/aromatic N) is 2. The summed E-state index contributed by atoms with van der Waals surface area (Å²) in [4.78, 5) is 0. The minimum atomic E-state index is -0.457. The lowest BCUT2D eigenvalue weighted by Crippen LogP contribution is -2.39. The van der Waals surface area contributed by atoms with Crippen molar-refractivity contribution in [3.63, 3.8) is 0 Å². The molecular formula is C10H18ClN3O. The van der Waals surface area contributed by atoms with Gasteiger partial charge in [-0.05, 0) is 26.2 Å². The maximum absolute atomic E-state index is 8.95. The number of aromatic nitrogens is 2. The summed E-state index contributed by atoms with van der Waals surface area (Å²) in [5.41, 5.74) is 5.35. The molecule has 0 saturated carbocycles. The third-order valence-corrected chi connectivity index (χ3v) is 2.54. The zero-order valence-electron chi connectivity index (χ0n) is 8.99. The zero-order chi connectivity index (χ0) is 11.3. The van der Waals surface area contributed by atoms with Gasteiger partial charge in [-0.25, -0.2) is 0 Å². The normalized spacial score (nSPS) is 15.2. The topological polar surface area (TPSA) is 64.1 Å². The molecule has 0 aliphatic carbocycles. The fourth-order valence-electron chi connectivity index (χ4n) is 1.34. The number of aryl methyl sites for hydroxylation is 1. The van der Waals surface area contributed by atoms with Gasteiger partial charge >= 0.3 is 0 Å². The van der Waals surface area contributed by atoms with Crippen LogP contribution in [0.2, 0.25) is 5.02 Å². The minimum Gasteiger partial charge on any atom is -0.394 e. The first-order valence-electron chi connectivity index (χ1n) is 5.11. The second-order valence-corrected chi connectivity index (χ2v) is 4.63. The molecule has 0 saturated heterocycles. The monoisotopic (exact) mass is 231 g/mol. The summed E-state index contributed by atoms with van der Waals surface area (Å²) < 4.78 is 1.81. The molecule has 1 aromatic heterocycles. The van der Waals surface area contributed by atoms with E-state index < -0.39 is 5.54 Å². The number of nitrogens with two attached hydrogens (primary N) is 1. The lowest BCUT2D eigenvalue weighted by atomic mass is 9.97. The summed E-state index contributed by atoms with van der Waals surface area (Å²) in [6, 6.07) is 0. The van der Waals surface area contributed by atoms with Crippen molar-refractivity contribution in [2.45, 2.75) is 38.3 Å². The number of aliphatic hydroxyl groups excluding tert-OH is 1. The van der Waals surface area contributed by atoms with Crippen LogP contribution < -0.4 is 5.73 Å². The highest BCUT2D eigenvalue weighted by Crippen LogP contribution is 2.11. The molecule has 0 fully saturated rings. The zero-order valence-corrected chi connectivity index (χ0v) is 9.74. The molecule has 1 heterocycles. The molecule has 1 atom stereocenters. The molecule has 4 nitrogen and oxygen atoms in total. The molecule has 1 rings (SSSR count). The summed E-state index contributed by atoms with van der Waals surface area (Å²) in [6.45, 7) is 2.73. The van der Waals surface area contributed by atoms with Gasteiger partial charge in [-0.2, -0.15) is 5.10 Å². The summed E-state index contributed by atoms with van der Waals surface area (Å²) in [7, 11) is 0. The van der Waals surface area contributed by atoms with Crippen LogP contribution in [0.5, 0.6) is 0 Å². The maximum atomic E-state index is 8.95. The van der Waals surface area contributed by atoms with Crippen molar-refractivity contribution in [2.75, 3.05) is 6.61 Å². The van der Waals surface area contributed by atoms with Crippen molar-refractivity contribution >= 4 is 11.6 Å². The molecule has 0 aliphatic heterocycles. The third-order valence-electron chi connectivity index (χ3n) is 2.35. The van der Waals surface area contributed by atoms with Crippen LogP contribution >= 0.6 is 11.6 Å². The Labute approximate surface area is 95.0 Å². The molecule has 0 amide bonds. The van der Waals surface area contributed by atoms with Gasteiger partial charge in [0.05, 0.1) is 17.8 Å². The van der Waals surface area contributed by atoms with Crippen LogP contribution in [0.25, 0.3) is 0 Å². The van der Waals surface area contributed by atoms with Gasteiger partial charge in [-0.3, -0.25) is 4.68 Å². The van der Waals surface area contributed by atoms with E-state index in [4.69, 9.17) is 22.4 Å². The molecular weight excluding hydrogens is 214 g/mol. The molecule has 0 bridgehead atoms. The second kappa shape index (κ2) is 5.49. The van der Waals surface area contributed by atoms with Gasteiger partial charge in [0.2, 0.25) is 0 Å². The van der Waals surface area contributed by atoms with E-state index in [0.717, 1.165) is 25.8 Å². The summed E-state index contributed by atoms with van der Waals surface area (Å²) in [6.07, 6.45) is 6.21. The number of unbranched alkanes of at least 4 members (excludes halogenated alkanes) is 1. The molecule has 15 heavy (non-hydrogen) atoms. The molecule has 0 radical (unpaired) electrons. The van der Waals surface area contributed by atoms with Crippen LogP contribution in [-0.2, 0) is 6.54 Å². The van der Waals surface area contributed by atoms with Gasteiger partial charge in [0.15, 0.2) is 0 Å². The highest BCUT2D eigenvalue weighted by molar-refractivity contribution is 6.30. The van der Waals surface area contributed by atoms with E-state index in [1.807, 2.05) is 11.6 Å². The Kier molecular flexibility index (Phi) is 4.57. The van der Waals surface area contributed by atoms with Crippen LogP contribution in [0.1, 0.15) is 26.2 Å². The van der Waals surface area contributed by atoms with Crippen molar-refractivity contribution < 1.29 is 5.11 Å². The molecule has 5 heteroatoms. The largest absolute Gasteiger partial charge is 0.394 e. The number of aliphatic hydroxyl groups is 1. The number of halogens is 1. The summed E-state index contributed by atoms with van der Waals surface area (Å²) in [5, 5.41) is 13.7.